The molecule has 0 radical (unpaired) electrons. The first kappa shape index (κ1) is 17.7. The van der Waals surface area contributed by atoms with Gasteiger partial charge in [0.2, 0.25) is 0 Å². The number of morpholine rings is 1. The van der Waals surface area contributed by atoms with Crippen LogP contribution in [0.25, 0.3) is 22.3 Å². The second kappa shape index (κ2) is 6.97. The first-order valence-electron chi connectivity index (χ1n) is 10.4. The van der Waals surface area contributed by atoms with Gasteiger partial charge in [-0.1, -0.05) is 0 Å². The van der Waals surface area contributed by atoms with E-state index in [0.717, 1.165) is 78.8 Å². The van der Waals surface area contributed by atoms with E-state index >= 15 is 0 Å². The number of imidazole rings is 1. The van der Waals surface area contributed by atoms with Crippen LogP contribution < -0.4 is 4.74 Å². The van der Waals surface area contributed by atoms with Crippen LogP contribution in [-0.2, 0) is 10.3 Å². The Morgan fingerprint density at radius 2 is 1.77 bits per heavy atom. The van der Waals surface area contributed by atoms with E-state index in [1.807, 2.05) is 42.5 Å². The summed E-state index contributed by atoms with van der Waals surface area (Å²) in [4.78, 5) is 11.0. The van der Waals surface area contributed by atoms with Crippen LogP contribution in [0.2, 0.25) is 0 Å². The minimum absolute atomic E-state index is 0.0618. The van der Waals surface area contributed by atoms with E-state index in [9.17, 15) is 0 Å². The monoisotopic (exact) mass is 401 g/mol. The molecule has 30 heavy (non-hydrogen) atoms. The van der Waals surface area contributed by atoms with Gasteiger partial charge in [-0.3, -0.25) is 10.00 Å². The molecule has 1 aliphatic carbocycles. The lowest BCUT2D eigenvalue weighted by Gasteiger charge is -2.33. The summed E-state index contributed by atoms with van der Waals surface area (Å²) in [7, 11) is 0. The third kappa shape index (κ3) is 3.07. The Bertz CT molecular complexity index is 1160. The number of aromatic amines is 2. The fourth-order valence-electron chi connectivity index (χ4n) is 4.34. The fourth-order valence-corrected chi connectivity index (χ4v) is 4.34. The van der Waals surface area contributed by atoms with Crippen molar-refractivity contribution in [3.05, 3.63) is 60.6 Å². The highest BCUT2D eigenvalue weighted by Gasteiger charge is 2.52. The van der Waals surface area contributed by atoms with Crippen LogP contribution in [0, 0.1) is 0 Å². The molecule has 2 fully saturated rings. The van der Waals surface area contributed by atoms with Gasteiger partial charge in [-0.2, -0.15) is 5.10 Å². The molecule has 2 N–H and O–H groups in total. The number of ether oxygens (including phenoxy) is 2. The SMILES string of the molecule is c1cc(-c2ccc(Oc3ccc4[nH]c(C5(N6CCOCC6)CC5)nc4c3)cc2)[nH]n1. The average molecular weight is 401 g/mol. The standard InChI is InChI=1S/C23H23N5O2/c1-3-17(4-2-16(1)19-7-10-24-27-19)30-18-5-6-20-21(15-18)26-22(25-20)23(8-9-23)28-11-13-29-14-12-28/h1-7,10,15H,8-9,11-14H2,(H,24,27)(H,25,26). The van der Waals surface area contributed by atoms with Gasteiger partial charge >= 0.3 is 0 Å². The van der Waals surface area contributed by atoms with Crippen LogP contribution >= 0.6 is 0 Å². The van der Waals surface area contributed by atoms with E-state index in [1.54, 1.807) is 6.20 Å². The Balaban J connectivity index is 1.23. The van der Waals surface area contributed by atoms with Crippen LogP contribution in [0.3, 0.4) is 0 Å². The van der Waals surface area contributed by atoms with Gasteiger partial charge in [-0.05, 0) is 60.9 Å². The fraction of sp³-hybridized carbons (Fsp3) is 0.304. The Labute approximate surface area is 174 Å². The number of benzene rings is 2. The van der Waals surface area contributed by atoms with Crippen LogP contribution in [0.15, 0.2) is 54.7 Å². The largest absolute Gasteiger partial charge is 0.457 e. The first-order chi connectivity index (χ1) is 14.8. The molecule has 2 aromatic heterocycles. The zero-order valence-electron chi connectivity index (χ0n) is 16.6. The zero-order chi connectivity index (χ0) is 20.0. The van der Waals surface area contributed by atoms with Crippen LogP contribution in [0.5, 0.6) is 11.5 Å². The van der Waals surface area contributed by atoms with Crippen molar-refractivity contribution in [2.75, 3.05) is 26.3 Å². The van der Waals surface area contributed by atoms with Crippen molar-refractivity contribution in [3.8, 4) is 22.8 Å². The second-order valence-electron chi connectivity index (χ2n) is 7.99. The average Bonchev–Trinajstić information content (AvgIpc) is 3.21. The molecular formula is C23H23N5O2. The molecule has 3 heterocycles. The minimum Gasteiger partial charge on any atom is -0.457 e. The molecule has 7 nitrogen and oxygen atoms in total. The molecule has 0 bridgehead atoms. The van der Waals surface area contributed by atoms with E-state index in [2.05, 4.69) is 26.1 Å². The summed E-state index contributed by atoms with van der Waals surface area (Å²) in [5.74, 6) is 2.65. The van der Waals surface area contributed by atoms with Crippen molar-refractivity contribution in [2.45, 2.75) is 18.4 Å². The second-order valence-corrected chi connectivity index (χ2v) is 7.99. The van der Waals surface area contributed by atoms with Crippen LogP contribution in [-0.4, -0.2) is 51.4 Å². The number of aromatic nitrogens is 4. The summed E-state index contributed by atoms with van der Waals surface area (Å²) in [5, 5.41) is 6.97. The molecule has 1 saturated heterocycles. The quantitative estimate of drug-likeness (QED) is 0.527. The van der Waals surface area contributed by atoms with Gasteiger partial charge in [-0.15, -0.1) is 0 Å². The Morgan fingerprint density at radius 1 is 0.967 bits per heavy atom. The van der Waals surface area contributed by atoms with E-state index in [1.165, 1.54) is 0 Å². The first-order valence-corrected chi connectivity index (χ1v) is 10.4. The normalized spacial score (nSPS) is 18.5. The molecular weight excluding hydrogens is 378 g/mol. The van der Waals surface area contributed by atoms with Crippen LogP contribution in [0.1, 0.15) is 18.7 Å². The summed E-state index contributed by atoms with van der Waals surface area (Å²) in [6.45, 7) is 3.55. The molecule has 0 spiro atoms. The predicted molar refractivity (Wildman–Crippen MR) is 113 cm³/mol. The van der Waals surface area contributed by atoms with Gasteiger partial charge in [0.25, 0.3) is 0 Å². The maximum Gasteiger partial charge on any atom is 0.129 e. The number of rotatable bonds is 5. The lowest BCUT2D eigenvalue weighted by Crippen LogP contribution is -2.44. The minimum atomic E-state index is 0.0618. The van der Waals surface area contributed by atoms with Gasteiger partial charge in [0, 0.05) is 25.4 Å². The summed E-state index contributed by atoms with van der Waals surface area (Å²) in [6, 6.07) is 16.0. The third-order valence-corrected chi connectivity index (χ3v) is 6.14. The Kier molecular flexibility index (Phi) is 4.11. The van der Waals surface area contributed by atoms with Gasteiger partial charge in [0.1, 0.15) is 17.3 Å². The highest BCUT2D eigenvalue weighted by molar-refractivity contribution is 5.77. The maximum absolute atomic E-state index is 6.08. The number of H-pyrrole nitrogens is 2. The molecule has 152 valence electrons. The predicted octanol–water partition coefficient (Wildman–Crippen LogP) is 4.07. The zero-order valence-corrected chi connectivity index (χ0v) is 16.6. The number of nitrogens with one attached hydrogen (secondary N) is 2. The highest BCUT2D eigenvalue weighted by Crippen LogP contribution is 2.50. The molecule has 4 aromatic rings. The highest BCUT2D eigenvalue weighted by atomic mass is 16.5. The molecule has 1 aliphatic heterocycles. The summed E-state index contributed by atoms with van der Waals surface area (Å²) >= 11 is 0. The lowest BCUT2D eigenvalue weighted by molar-refractivity contribution is 0.00648. The summed E-state index contributed by atoms with van der Waals surface area (Å²) in [6.07, 6.45) is 4.05. The molecule has 0 atom stereocenters. The molecule has 7 heteroatoms. The summed E-state index contributed by atoms with van der Waals surface area (Å²) < 4.78 is 11.6. The number of fused-ring (bicyclic) bond motifs is 1. The van der Waals surface area contributed by atoms with Crippen molar-refractivity contribution in [2.24, 2.45) is 0 Å². The van der Waals surface area contributed by atoms with Gasteiger partial charge in [0.15, 0.2) is 0 Å². The van der Waals surface area contributed by atoms with Gasteiger partial charge < -0.3 is 14.5 Å². The van der Waals surface area contributed by atoms with E-state index in [-0.39, 0.29) is 5.54 Å². The third-order valence-electron chi connectivity index (χ3n) is 6.14. The molecule has 2 aliphatic rings. The number of hydrogen-bond acceptors (Lipinski definition) is 5. The topological polar surface area (TPSA) is 79.1 Å². The van der Waals surface area contributed by atoms with Crippen molar-refractivity contribution >= 4 is 11.0 Å². The molecule has 0 unspecified atom stereocenters. The van der Waals surface area contributed by atoms with Gasteiger partial charge in [-0.25, -0.2) is 4.98 Å². The molecule has 0 amide bonds. The van der Waals surface area contributed by atoms with E-state index < -0.39 is 0 Å². The van der Waals surface area contributed by atoms with Crippen molar-refractivity contribution in [1.29, 1.82) is 0 Å². The van der Waals surface area contributed by atoms with Crippen molar-refractivity contribution < 1.29 is 9.47 Å². The van der Waals surface area contributed by atoms with E-state index in [4.69, 9.17) is 14.5 Å². The summed E-state index contributed by atoms with van der Waals surface area (Å²) in [5.41, 5.74) is 4.11. The van der Waals surface area contributed by atoms with Crippen molar-refractivity contribution in [3.63, 3.8) is 0 Å². The van der Waals surface area contributed by atoms with Crippen molar-refractivity contribution in [1.82, 2.24) is 25.1 Å². The van der Waals surface area contributed by atoms with Crippen LogP contribution in [0.4, 0.5) is 0 Å². The maximum atomic E-state index is 6.08. The molecule has 1 saturated carbocycles. The Morgan fingerprint density at radius 3 is 2.50 bits per heavy atom. The number of hydrogen-bond donors (Lipinski definition) is 2. The number of nitrogens with zero attached hydrogens (tertiary/aromatic N) is 3. The lowest BCUT2D eigenvalue weighted by atomic mass is 10.1. The molecule has 2 aromatic carbocycles. The van der Waals surface area contributed by atoms with E-state index in [0.29, 0.717) is 0 Å². The Hall–Kier alpha value is -3.16. The molecule has 6 rings (SSSR count). The smallest absolute Gasteiger partial charge is 0.129 e. The van der Waals surface area contributed by atoms with Gasteiger partial charge in [0.05, 0.1) is 35.5 Å².